The molecule has 0 saturated carbocycles. The monoisotopic (exact) mass is 276 g/mol. The second-order valence-electron chi connectivity index (χ2n) is 5.83. The van der Waals surface area contributed by atoms with E-state index in [9.17, 15) is 0 Å². The van der Waals surface area contributed by atoms with Gasteiger partial charge in [-0.25, -0.2) is 0 Å². The molecule has 0 aliphatic rings. The van der Waals surface area contributed by atoms with Crippen LogP contribution in [0.1, 0.15) is 76.3 Å². The summed E-state index contributed by atoms with van der Waals surface area (Å²) in [5, 5.41) is 0. The van der Waals surface area contributed by atoms with Crippen molar-refractivity contribution in [3.8, 4) is 0 Å². The average Bonchev–Trinajstić information content (AvgIpc) is 2.46. The summed E-state index contributed by atoms with van der Waals surface area (Å²) in [6.07, 6.45) is 12.3. The number of nitrogen functional groups attached to an aromatic ring is 2. The van der Waals surface area contributed by atoms with Crippen molar-refractivity contribution in [1.29, 1.82) is 0 Å². The molecule has 0 unspecified atom stereocenters. The number of hydrogen-bond donors (Lipinski definition) is 2. The van der Waals surface area contributed by atoms with Crippen LogP contribution < -0.4 is 11.5 Å². The summed E-state index contributed by atoms with van der Waals surface area (Å²) < 4.78 is 0. The lowest BCUT2D eigenvalue weighted by Gasteiger charge is -2.13. The number of aryl methyl sites for hydroxylation is 2. The Hall–Kier alpha value is -1.18. The smallest absolute Gasteiger partial charge is 0.0583 e. The molecular weight excluding hydrogens is 244 g/mol. The van der Waals surface area contributed by atoms with Gasteiger partial charge in [0.25, 0.3) is 0 Å². The number of hydrogen-bond acceptors (Lipinski definition) is 2. The largest absolute Gasteiger partial charge is 0.397 e. The number of unbranched alkanes of at least 4 members (excludes halogenated alkanes) is 6. The molecule has 0 aromatic heterocycles. The lowest BCUT2D eigenvalue weighted by Crippen LogP contribution is -2.04. The summed E-state index contributed by atoms with van der Waals surface area (Å²) in [5.74, 6) is 0. The van der Waals surface area contributed by atoms with Crippen LogP contribution in [-0.2, 0) is 12.8 Å². The standard InChI is InChI=1S/C18H32N2/c1-3-5-7-9-11-15-13-14-16(18(20)17(15)19)12-10-8-6-4-2/h13-14H,3-12,19-20H2,1-2H3. The van der Waals surface area contributed by atoms with Crippen molar-refractivity contribution in [2.75, 3.05) is 11.5 Å². The van der Waals surface area contributed by atoms with Crippen LogP contribution in [0.5, 0.6) is 0 Å². The van der Waals surface area contributed by atoms with Gasteiger partial charge in [-0.2, -0.15) is 0 Å². The maximum atomic E-state index is 6.20. The molecule has 1 aromatic carbocycles. The molecule has 0 radical (unpaired) electrons. The molecule has 20 heavy (non-hydrogen) atoms. The molecule has 0 fully saturated rings. The van der Waals surface area contributed by atoms with Gasteiger partial charge >= 0.3 is 0 Å². The van der Waals surface area contributed by atoms with Gasteiger partial charge in [-0.1, -0.05) is 64.5 Å². The van der Waals surface area contributed by atoms with Crippen molar-refractivity contribution in [3.05, 3.63) is 23.3 Å². The Balaban J connectivity index is 2.52. The number of benzene rings is 1. The first-order chi connectivity index (χ1) is 9.70. The van der Waals surface area contributed by atoms with Gasteiger partial charge in [0.2, 0.25) is 0 Å². The Morgan fingerprint density at radius 3 is 1.40 bits per heavy atom. The minimum atomic E-state index is 0.828. The van der Waals surface area contributed by atoms with Crippen LogP contribution in [0.4, 0.5) is 11.4 Å². The fraction of sp³-hybridized carbons (Fsp3) is 0.667. The van der Waals surface area contributed by atoms with Gasteiger partial charge in [-0.05, 0) is 36.8 Å². The third-order valence-electron chi connectivity index (χ3n) is 4.07. The van der Waals surface area contributed by atoms with Gasteiger partial charge in [-0.15, -0.1) is 0 Å². The van der Waals surface area contributed by atoms with Crippen LogP contribution >= 0.6 is 0 Å². The third kappa shape index (κ3) is 5.44. The van der Waals surface area contributed by atoms with E-state index in [2.05, 4.69) is 26.0 Å². The SMILES string of the molecule is CCCCCCc1ccc(CCCCCC)c(N)c1N. The van der Waals surface area contributed by atoms with Crippen molar-refractivity contribution in [3.63, 3.8) is 0 Å². The van der Waals surface area contributed by atoms with E-state index in [1.165, 1.54) is 62.5 Å². The molecule has 1 rings (SSSR count). The van der Waals surface area contributed by atoms with E-state index >= 15 is 0 Å². The van der Waals surface area contributed by atoms with Gasteiger partial charge in [0.15, 0.2) is 0 Å². The zero-order chi connectivity index (χ0) is 14.8. The first-order valence-corrected chi connectivity index (χ1v) is 8.36. The Labute approximate surface area is 124 Å². The molecule has 0 saturated heterocycles. The van der Waals surface area contributed by atoms with Crippen molar-refractivity contribution in [1.82, 2.24) is 0 Å². The Kier molecular flexibility index (Phi) is 8.17. The minimum Gasteiger partial charge on any atom is -0.397 e. The highest BCUT2D eigenvalue weighted by Crippen LogP contribution is 2.27. The Morgan fingerprint density at radius 2 is 1.05 bits per heavy atom. The molecule has 1 aromatic rings. The van der Waals surface area contributed by atoms with E-state index in [-0.39, 0.29) is 0 Å². The van der Waals surface area contributed by atoms with E-state index in [1.807, 2.05) is 0 Å². The second kappa shape index (κ2) is 9.68. The summed E-state index contributed by atoms with van der Waals surface area (Å²) in [7, 11) is 0. The van der Waals surface area contributed by atoms with Crippen molar-refractivity contribution in [2.45, 2.75) is 78.1 Å². The first kappa shape index (κ1) is 16.9. The van der Waals surface area contributed by atoms with E-state index < -0.39 is 0 Å². The quantitative estimate of drug-likeness (QED) is 0.461. The van der Waals surface area contributed by atoms with Gasteiger partial charge in [0, 0.05) is 0 Å². The maximum Gasteiger partial charge on any atom is 0.0583 e. The average molecular weight is 276 g/mol. The fourth-order valence-electron chi connectivity index (χ4n) is 2.65. The number of anilines is 2. The summed E-state index contributed by atoms with van der Waals surface area (Å²) in [4.78, 5) is 0. The third-order valence-corrected chi connectivity index (χ3v) is 4.07. The summed E-state index contributed by atoms with van der Waals surface area (Å²) in [6, 6.07) is 4.37. The number of nitrogens with two attached hydrogens (primary N) is 2. The van der Waals surface area contributed by atoms with E-state index in [0.29, 0.717) is 0 Å². The normalized spacial score (nSPS) is 10.9. The highest BCUT2D eigenvalue weighted by molar-refractivity contribution is 5.71. The van der Waals surface area contributed by atoms with Crippen LogP contribution in [0.15, 0.2) is 12.1 Å². The van der Waals surface area contributed by atoms with Crippen LogP contribution in [0, 0.1) is 0 Å². The molecule has 0 heterocycles. The van der Waals surface area contributed by atoms with Crippen molar-refractivity contribution < 1.29 is 0 Å². The lowest BCUT2D eigenvalue weighted by molar-refractivity contribution is 0.664. The molecule has 2 heteroatoms. The molecule has 0 aliphatic carbocycles. The van der Waals surface area contributed by atoms with E-state index in [1.54, 1.807) is 0 Å². The zero-order valence-corrected chi connectivity index (χ0v) is 13.4. The predicted molar refractivity (Wildman–Crippen MR) is 91.0 cm³/mol. The molecule has 114 valence electrons. The van der Waals surface area contributed by atoms with E-state index in [4.69, 9.17) is 11.5 Å². The molecule has 0 amide bonds. The lowest BCUT2D eigenvalue weighted by atomic mass is 9.98. The molecule has 0 aliphatic heterocycles. The van der Waals surface area contributed by atoms with Gasteiger partial charge in [0.1, 0.15) is 0 Å². The molecule has 2 nitrogen and oxygen atoms in total. The van der Waals surface area contributed by atoms with Crippen LogP contribution in [-0.4, -0.2) is 0 Å². The summed E-state index contributed by atoms with van der Waals surface area (Å²) in [5.41, 5.74) is 16.5. The van der Waals surface area contributed by atoms with Gasteiger partial charge in [-0.3, -0.25) is 0 Å². The van der Waals surface area contributed by atoms with Crippen LogP contribution in [0.2, 0.25) is 0 Å². The van der Waals surface area contributed by atoms with Crippen LogP contribution in [0.25, 0.3) is 0 Å². The highest BCUT2D eigenvalue weighted by Gasteiger charge is 2.07. The maximum absolute atomic E-state index is 6.20. The van der Waals surface area contributed by atoms with Gasteiger partial charge < -0.3 is 11.5 Å². The molecule has 0 spiro atoms. The highest BCUT2D eigenvalue weighted by atomic mass is 14.7. The fourth-order valence-corrected chi connectivity index (χ4v) is 2.65. The van der Waals surface area contributed by atoms with Crippen LogP contribution in [0.3, 0.4) is 0 Å². The molecule has 4 N–H and O–H groups in total. The zero-order valence-electron chi connectivity index (χ0n) is 13.4. The molecule has 0 bridgehead atoms. The molecule has 0 atom stereocenters. The second-order valence-corrected chi connectivity index (χ2v) is 5.83. The number of rotatable bonds is 10. The summed E-state index contributed by atoms with van der Waals surface area (Å²) >= 11 is 0. The Morgan fingerprint density at radius 1 is 0.650 bits per heavy atom. The predicted octanol–water partition coefficient (Wildman–Crippen LogP) is 5.10. The first-order valence-electron chi connectivity index (χ1n) is 8.36. The summed E-state index contributed by atoms with van der Waals surface area (Å²) in [6.45, 7) is 4.47. The van der Waals surface area contributed by atoms with Crippen molar-refractivity contribution in [2.24, 2.45) is 0 Å². The van der Waals surface area contributed by atoms with E-state index in [0.717, 1.165) is 24.2 Å². The Bertz CT molecular complexity index is 348. The molecular formula is C18H32N2. The minimum absolute atomic E-state index is 0.828. The van der Waals surface area contributed by atoms with Gasteiger partial charge in [0.05, 0.1) is 11.4 Å². The topological polar surface area (TPSA) is 52.0 Å². The van der Waals surface area contributed by atoms with Crippen molar-refractivity contribution >= 4 is 11.4 Å².